The van der Waals surface area contributed by atoms with Crippen molar-refractivity contribution in [2.24, 2.45) is 0 Å². The number of nitro groups is 1. The standard InChI is InChI=1S/C19H17ClN2O5/c1-12(18(23)21-9-8-13-4-2-3-5-14(13)11-21)27-19(24)16-10-15(20)6-7-17(16)22(25)26/h2-7,10,12H,8-9,11H2,1H3/t12-/m1/s1. The van der Waals surface area contributed by atoms with Crippen molar-refractivity contribution in [2.45, 2.75) is 26.0 Å². The minimum absolute atomic E-state index is 0.166. The second-order valence-corrected chi connectivity index (χ2v) is 6.68. The van der Waals surface area contributed by atoms with Crippen LogP contribution in [0.3, 0.4) is 0 Å². The number of amides is 1. The van der Waals surface area contributed by atoms with Crippen LogP contribution in [-0.2, 0) is 22.5 Å². The first-order chi connectivity index (χ1) is 12.9. The highest BCUT2D eigenvalue weighted by molar-refractivity contribution is 6.31. The van der Waals surface area contributed by atoms with Gasteiger partial charge in [-0.15, -0.1) is 0 Å². The van der Waals surface area contributed by atoms with Crippen LogP contribution in [0.25, 0.3) is 0 Å². The molecule has 0 saturated heterocycles. The number of rotatable bonds is 4. The average Bonchev–Trinajstić information content (AvgIpc) is 2.66. The van der Waals surface area contributed by atoms with Gasteiger partial charge in [0.25, 0.3) is 11.6 Å². The van der Waals surface area contributed by atoms with Crippen LogP contribution < -0.4 is 0 Å². The van der Waals surface area contributed by atoms with Crippen molar-refractivity contribution in [1.82, 2.24) is 4.90 Å². The Hall–Kier alpha value is -2.93. The summed E-state index contributed by atoms with van der Waals surface area (Å²) in [5.41, 5.74) is 1.55. The lowest BCUT2D eigenvalue weighted by Crippen LogP contribution is -2.42. The van der Waals surface area contributed by atoms with E-state index in [4.69, 9.17) is 16.3 Å². The highest BCUT2D eigenvalue weighted by atomic mass is 35.5. The molecule has 140 valence electrons. The highest BCUT2D eigenvalue weighted by Crippen LogP contribution is 2.24. The summed E-state index contributed by atoms with van der Waals surface area (Å²) in [6.45, 7) is 2.42. The van der Waals surface area contributed by atoms with Crippen molar-refractivity contribution in [3.8, 4) is 0 Å². The molecule has 0 unspecified atom stereocenters. The first kappa shape index (κ1) is 18.8. The van der Waals surface area contributed by atoms with Gasteiger partial charge in [-0.05, 0) is 36.6 Å². The lowest BCUT2D eigenvalue weighted by molar-refractivity contribution is -0.385. The van der Waals surface area contributed by atoms with Gasteiger partial charge >= 0.3 is 5.97 Å². The topological polar surface area (TPSA) is 89.7 Å². The summed E-state index contributed by atoms with van der Waals surface area (Å²) in [6.07, 6.45) is -0.344. The molecule has 0 bridgehead atoms. The van der Waals surface area contributed by atoms with Crippen molar-refractivity contribution in [1.29, 1.82) is 0 Å². The lowest BCUT2D eigenvalue weighted by Gasteiger charge is -2.30. The second kappa shape index (κ2) is 7.75. The molecule has 1 heterocycles. The van der Waals surface area contributed by atoms with E-state index in [1.165, 1.54) is 18.6 Å². The van der Waals surface area contributed by atoms with Gasteiger partial charge in [-0.1, -0.05) is 35.9 Å². The summed E-state index contributed by atoms with van der Waals surface area (Å²) in [5, 5.41) is 11.3. The van der Waals surface area contributed by atoms with Gasteiger partial charge in [0.2, 0.25) is 0 Å². The number of carbonyl (C=O) groups is 2. The number of halogens is 1. The summed E-state index contributed by atoms with van der Waals surface area (Å²) >= 11 is 5.83. The van der Waals surface area contributed by atoms with Crippen molar-refractivity contribution >= 4 is 29.2 Å². The van der Waals surface area contributed by atoms with Gasteiger partial charge in [-0.25, -0.2) is 4.79 Å². The molecule has 27 heavy (non-hydrogen) atoms. The van der Waals surface area contributed by atoms with E-state index in [2.05, 4.69) is 0 Å². The smallest absolute Gasteiger partial charge is 0.345 e. The van der Waals surface area contributed by atoms with Crippen LogP contribution in [0, 0.1) is 10.1 Å². The fourth-order valence-corrected chi connectivity index (χ4v) is 3.22. The molecule has 2 aromatic rings. The molecule has 7 nitrogen and oxygen atoms in total. The number of nitro benzene ring substituents is 1. The van der Waals surface area contributed by atoms with Crippen molar-refractivity contribution in [3.63, 3.8) is 0 Å². The summed E-state index contributed by atoms with van der Waals surface area (Å²) < 4.78 is 5.19. The summed E-state index contributed by atoms with van der Waals surface area (Å²) in [5.74, 6) is -1.30. The number of nitrogens with zero attached hydrogens (tertiary/aromatic N) is 2. The number of hydrogen-bond donors (Lipinski definition) is 0. The first-order valence-electron chi connectivity index (χ1n) is 8.37. The number of esters is 1. The number of ether oxygens (including phenoxy) is 1. The van der Waals surface area contributed by atoms with Crippen molar-refractivity contribution in [2.75, 3.05) is 6.54 Å². The van der Waals surface area contributed by atoms with Crippen LogP contribution in [0.2, 0.25) is 5.02 Å². The van der Waals surface area contributed by atoms with Gasteiger partial charge in [-0.3, -0.25) is 14.9 Å². The van der Waals surface area contributed by atoms with E-state index in [0.717, 1.165) is 24.1 Å². The molecule has 0 radical (unpaired) electrons. The third-order valence-corrected chi connectivity index (χ3v) is 4.68. The zero-order valence-electron chi connectivity index (χ0n) is 14.6. The van der Waals surface area contributed by atoms with E-state index in [0.29, 0.717) is 13.1 Å². The Morgan fingerprint density at radius 3 is 2.63 bits per heavy atom. The maximum absolute atomic E-state index is 12.6. The molecule has 0 N–H and O–H groups in total. The molecule has 1 atom stereocenters. The van der Waals surface area contributed by atoms with E-state index in [9.17, 15) is 19.7 Å². The van der Waals surface area contributed by atoms with E-state index in [-0.39, 0.29) is 16.5 Å². The minimum Gasteiger partial charge on any atom is -0.449 e. The van der Waals surface area contributed by atoms with Gasteiger partial charge in [-0.2, -0.15) is 0 Å². The normalized spacial score (nSPS) is 14.2. The number of hydrogen-bond acceptors (Lipinski definition) is 5. The average molecular weight is 389 g/mol. The lowest BCUT2D eigenvalue weighted by atomic mass is 9.99. The van der Waals surface area contributed by atoms with E-state index in [1.54, 1.807) is 4.90 Å². The minimum atomic E-state index is -1.07. The SMILES string of the molecule is C[C@@H](OC(=O)c1cc(Cl)ccc1[N+](=O)[O-])C(=O)N1CCc2ccccc2C1. The highest BCUT2D eigenvalue weighted by Gasteiger charge is 2.29. The number of carbonyl (C=O) groups excluding carboxylic acids is 2. The zero-order chi connectivity index (χ0) is 19.6. The van der Waals surface area contributed by atoms with Gasteiger partial charge < -0.3 is 9.64 Å². The molecular weight excluding hydrogens is 372 g/mol. The zero-order valence-corrected chi connectivity index (χ0v) is 15.3. The maximum atomic E-state index is 12.6. The predicted molar refractivity (Wildman–Crippen MR) is 98.5 cm³/mol. The molecule has 0 aliphatic carbocycles. The Labute approximate surface area is 160 Å². The Bertz CT molecular complexity index is 915. The van der Waals surface area contributed by atoms with Gasteiger partial charge in [0.1, 0.15) is 5.56 Å². The Morgan fingerprint density at radius 2 is 1.93 bits per heavy atom. The maximum Gasteiger partial charge on any atom is 0.345 e. The summed E-state index contributed by atoms with van der Waals surface area (Å²) in [4.78, 5) is 37.0. The Morgan fingerprint density at radius 1 is 1.22 bits per heavy atom. The van der Waals surface area contributed by atoms with E-state index < -0.39 is 22.7 Å². The first-order valence-corrected chi connectivity index (χ1v) is 8.75. The third-order valence-electron chi connectivity index (χ3n) is 4.45. The second-order valence-electron chi connectivity index (χ2n) is 6.24. The molecule has 0 spiro atoms. The largest absolute Gasteiger partial charge is 0.449 e. The van der Waals surface area contributed by atoms with Gasteiger partial charge in [0.05, 0.1) is 4.92 Å². The third kappa shape index (κ3) is 4.09. The van der Waals surface area contributed by atoms with Crippen molar-refractivity contribution in [3.05, 3.63) is 74.3 Å². The number of benzene rings is 2. The Balaban J connectivity index is 1.71. The molecule has 0 saturated carbocycles. The molecule has 0 aromatic heterocycles. The van der Waals surface area contributed by atoms with E-state index >= 15 is 0 Å². The van der Waals surface area contributed by atoms with Crippen molar-refractivity contribution < 1.29 is 19.2 Å². The Kier molecular flexibility index (Phi) is 5.41. The fourth-order valence-electron chi connectivity index (χ4n) is 3.05. The molecule has 1 aliphatic rings. The van der Waals surface area contributed by atoms with Crippen LogP contribution in [0.15, 0.2) is 42.5 Å². The molecule has 1 aliphatic heterocycles. The van der Waals surface area contributed by atoms with Crippen LogP contribution in [-0.4, -0.2) is 34.3 Å². The van der Waals surface area contributed by atoms with Crippen LogP contribution >= 0.6 is 11.6 Å². The molecular formula is C19H17ClN2O5. The number of fused-ring (bicyclic) bond motifs is 1. The van der Waals surface area contributed by atoms with Crippen LogP contribution in [0.5, 0.6) is 0 Å². The van der Waals surface area contributed by atoms with Crippen LogP contribution in [0.4, 0.5) is 5.69 Å². The molecule has 3 rings (SSSR count). The molecule has 0 fully saturated rings. The fraction of sp³-hybridized carbons (Fsp3) is 0.263. The molecule has 2 aromatic carbocycles. The predicted octanol–water partition coefficient (Wildman–Crippen LogP) is 3.38. The molecule has 8 heteroatoms. The summed E-state index contributed by atoms with van der Waals surface area (Å²) in [6, 6.07) is 11.5. The molecule has 1 amide bonds. The van der Waals surface area contributed by atoms with E-state index in [1.807, 2.05) is 24.3 Å². The van der Waals surface area contributed by atoms with Gasteiger partial charge in [0, 0.05) is 24.2 Å². The van der Waals surface area contributed by atoms with Crippen LogP contribution in [0.1, 0.15) is 28.4 Å². The quantitative estimate of drug-likeness (QED) is 0.455. The monoisotopic (exact) mass is 388 g/mol. The van der Waals surface area contributed by atoms with Gasteiger partial charge in [0.15, 0.2) is 6.10 Å². The summed E-state index contributed by atoms with van der Waals surface area (Å²) in [7, 11) is 0.